The lowest BCUT2D eigenvalue weighted by Crippen LogP contribution is -2.30. The molecule has 1 heterocycles. The monoisotopic (exact) mass is 313 g/mol. The van der Waals surface area contributed by atoms with Crippen molar-refractivity contribution in [1.82, 2.24) is 5.32 Å². The first-order chi connectivity index (χ1) is 10.7. The van der Waals surface area contributed by atoms with E-state index in [1.807, 2.05) is 24.3 Å². The van der Waals surface area contributed by atoms with Gasteiger partial charge >= 0.3 is 0 Å². The molecule has 0 fully saturated rings. The molecule has 0 saturated heterocycles. The number of halogens is 1. The molecule has 4 nitrogen and oxygen atoms in total. The smallest absolute Gasteiger partial charge is 0.255 e. The van der Waals surface area contributed by atoms with Gasteiger partial charge in [0.25, 0.3) is 5.91 Å². The average molecular weight is 314 g/mol. The zero-order valence-corrected chi connectivity index (χ0v) is 12.7. The molecule has 2 aromatic rings. The Labute approximate surface area is 134 Å². The van der Waals surface area contributed by atoms with Gasteiger partial charge in [0.2, 0.25) is 0 Å². The van der Waals surface area contributed by atoms with E-state index >= 15 is 0 Å². The highest BCUT2D eigenvalue weighted by molar-refractivity contribution is 6.30. The Morgan fingerprint density at radius 3 is 2.45 bits per heavy atom. The SMILES string of the molecule is O=C(Nc1ccc(C2=NCCCN2)cc1)c1ccc(Cl)cc1. The van der Waals surface area contributed by atoms with Crippen molar-refractivity contribution in [3.63, 3.8) is 0 Å². The number of hydrogen-bond acceptors (Lipinski definition) is 3. The minimum Gasteiger partial charge on any atom is -0.370 e. The van der Waals surface area contributed by atoms with E-state index in [0.29, 0.717) is 10.6 Å². The maximum Gasteiger partial charge on any atom is 0.255 e. The number of amides is 1. The molecule has 1 aliphatic heterocycles. The van der Waals surface area contributed by atoms with Crippen molar-refractivity contribution in [1.29, 1.82) is 0 Å². The van der Waals surface area contributed by atoms with E-state index in [9.17, 15) is 4.79 Å². The summed E-state index contributed by atoms with van der Waals surface area (Å²) in [6.45, 7) is 1.81. The van der Waals surface area contributed by atoms with Gasteiger partial charge in [-0.15, -0.1) is 0 Å². The number of anilines is 1. The van der Waals surface area contributed by atoms with Crippen LogP contribution in [0, 0.1) is 0 Å². The van der Waals surface area contributed by atoms with Gasteiger partial charge in [0.1, 0.15) is 5.84 Å². The summed E-state index contributed by atoms with van der Waals surface area (Å²) in [5, 5.41) is 6.76. The molecule has 3 rings (SSSR count). The second-order valence-corrected chi connectivity index (χ2v) is 5.49. The van der Waals surface area contributed by atoms with Gasteiger partial charge in [-0.25, -0.2) is 0 Å². The lowest BCUT2D eigenvalue weighted by Gasteiger charge is -2.15. The Bertz CT molecular complexity index is 693. The molecule has 0 saturated carbocycles. The van der Waals surface area contributed by atoms with Crippen LogP contribution in [0.4, 0.5) is 5.69 Å². The molecule has 0 bridgehead atoms. The van der Waals surface area contributed by atoms with Crippen LogP contribution in [0.15, 0.2) is 53.5 Å². The summed E-state index contributed by atoms with van der Waals surface area (Å²) < 4.78 is 0. The normalized spacial score (nSPS) is 14.0. The van der Waals surface area contributed by atoms with Crippen LogP contribution in [-0.2, 0) is 0 Å². The maximum absolute atomic E-state index is 12.1. The van der Waals surface area contributed by atoms with Crippen molar-refractivity contribution in [2.75, 3.05) is 18.4 Å². The summed E-state index contributed by atoms with van der Waals surface area (Å²) >= 11 is 5.82. The van der Waals surface area contributed by atoms with Crippen LogP contribution >= 0.6 is 11.6 Å². The summed E-state index contributed by atoms with van der Waals surface area (Å²) in [6, 6.07) is 14.5. The maximum atomic E-state index is 12.1. The zero-order valence-electron chi connectivity index (χ0n) is 12.0. The number of hydrogen-bond donors (Lipinski definition) is 2. The molecule has 0 atom stereocenters. The number of nitrogens with one attached hydrogen (secondary N) is 2. The van der Waals surface area contributed by atoms with E-state index in [-0.39, 0.29) is 5.91 Å². The van der Waals surface area contributed by atoms with Crippen molar-refractivity contribution < 1.29 is 4.79 Å². The Kier molecular flexibility index (Phi) is 4.39. The molecule has 1 amide bonds. The van der Waals surface area contributed by atoms with Gasteiger partial charge in [-0.1, -0.05) is 11.6 Å². The fraction of sp³-hybridized carbons (Fsp3) is 0.176. The molecule has 0 radical (unpaired) electrons. The van der Waals surface area contributed by atoms with Crippen LogP contribution < -0.4 is 10.6 Å². The molecule has 0 spiro atoms. The summed E-state index contributed by atoms with van der Waals surface area (Å²) in [7, 11) is 0. The number of benzene rings is 2. The number of carbonyl (C=O) groups is 1. The Morgan fingerprint density at radius 2 is 1.82 bits per heavy atom. The quantitative estimate of drug-likeness (QED) is 0.913. The van der Waals surface area contributed by atoms with Gasteiger partial charge in [-0.2, -0.15) is 0 Å². The second-order valence-electron chi connectivity index (χ2n) is 5.05. The van der Waals surface area contributed by atoms with Gasteiger partial charge < -0.3 is 10.6 Å². The summed E-state index contributed by atoms with van der Waals surface area (Å²) in [5.74, 6) is 0.763. The number of carbonyl (C=O) groups excluding carboxylic acids is 1. The van der Waals surface area contributed by atoms with Gasteiger partial charge in [0.15, 0.2) is 0 Å². The highest BCUT2D eigenvalue weighted by Gasteiger charge is 2.08. The highest BCUT2D eigenvalue weighted by Crippen LogP contribution is 2.14. The predicted molar refractivity (Wildman–Crippen MR) is 89.9 cm³/mol. The van der Waals surface area contributed by atoms with E-state index in [4.69, 9.17) is 11.6 Å². The number of rotatable bonds is 3. The average Bonchev–Trinajstić information content (AvgIpc) is 2.57. The van der Waals surface area contributed by atoms with Crippen LogP contribution in [0.25, 0.3) is 0 Å². The van der Waals surface area contributed by atoms with E-state index in [0.717, 1.165) is 36.6 Å². The standard InChI is InChI=1S/C17H16ClN3O/c18-14-6-2-13(3-7-14)17(22)21-15-8-4-12(5-9-15)16-19-10-1-11-20-16/h2-9H,1,10-11H2,(H,19,20)(H,21,22). The molecule has 0 aliphatic carbocycles. The van der Waals surface area contributed by atoms with Crippen LogP contribution in [-0.4, -0.2) is 24.8 Å². The molecule has 22 heavy (non-hydrogen) atoms. The fourth-order valence-corrected chi connectivity index (χ4v) is 2.37. The van der Waals surface area contributed by atoms with Gasteiger partial charge in [0, 0.05) is 34.9 Å². The van der Waals surface area contributed by atoms with Crippen LogP contribution in [0.5, 0.6) is 0 Å². The first kappa shape index (κ1) is 14.6. The molecule has 2 aromatic carbocycles. The first-order valence-corrected chi connectivity index (χ1v) is 7.56. The number of nitrogens with zero attached hydrogens (tertiary/aromatic N) is 1. The molecule has 0 aromatic heterocycles. The second kappa shape index (κ2) is 6.62. The van der Waals surface area contributed by atoms with Crippen LogP contribution in [0.2, 0.25) is 5.02 Å². The minimum atomic E-state index is -0.155. The largest absolute Gasteiger partial charge is 0.370 e. The fourth-order valence-electron chi connectivity index (χ4n) is 2.24. The molecule has 112 valence electrons. The van der Waals surface area contributed by atoms with Crippen molar-refractivity contribution in [3.8, 4) is 0 Å². The number of amidine groups is 1. The van der Waals surface area contributed by atoms with Crippen LogP contribution in [0.1, 0.15) is 22.3 Å². The van der Waals surface area contributed by atoms with E-state index in [2.05, 4.69) is 15.6 Å². The Balaban J connectivity index is 1.69. The molecule has 0 unspecified atom stereocenters. The van der Waals surface area contributed by atoms with Crippen molar-refractivity contribution in [2.24, 2.45) is 4.99 Å². The Hall–Kier alpha value is -2.33. The topological polar surface area (TPSA) is 53.5 Å². The minimum absolute atomic E-state index is 0.155. The van der Waals surface area contributed by atoms with E-state index in [1.165, 1.54) is 0 Å². The molecular formula is C17H16ClN3O. The molecule has 1 aliphatic rings. The van der Waals surface area contributed by atoms with Crippen LogP contribution in [0.3, 0.4) is 0 Å². The van der Waals surface area contributed by atoms with E-state index < -0.39 is 0 Å². The molecular weight excluding hydrogens is 298 g/mol. The lowest BCUT2D eigenvalue weighted by atomic mass is 10.1. The lowest BCUT2D eigenvalue weighted by molar-refractivity contribution is 0.102. The zero-order chi connectivity index (χ0) is 15.4. The van der Waals surface area contributed by atoms with Gasteiger partial charge in [-0.05, 0) is 55.0 Å². The first-order valence-electron chi connectivity index (χ1n) is 7.18. The summed E-state index contributed by atoms with van der Waals surface area (Å²) in [4.78, 5) is 16.6. The van der Waals surface area contributed by atoms with Crippen molar-refractivity contribution in [3.05, 3.63) is 64.7 Å². The summed E-state index contributed by atoms with van der Waals surface area (Å²) in [6.07, 6.45) is 1.07. The van der Waals surface area contributed by atoms with Crippen molar-refractivity contribution in [2.45, 2.75) is 6.42 Å². The summed E-state index contributed by atoms with van der Waals surface area (Å²) in [5.41, 5.74) is 2.36. The van der Waals surface area contributed by atoms with E-state index in [1.54, 1.807) is 24.3 Å². The third-order valence-electron chi connectivity index (χ3n) is 3.42. The molecule has 2 N–H and O–H groups in total. The predicted octanol–water partition coefficient (Wildman–Crippen LogP) is 3.33. The number of aliphatic imine (C=N–C) groups is 1. The highest BCUT2D eigenvalue weighted by atomic mass is 35.5. The third kappa shape index (κ3) is 3.46. The van der Waals surface area contributed by atoms with Gasteiger partial charge in [-0.3, -0.25) is 9.79 Å². The Morgan fingerprint density at radius 1 is 1.09 bits per heavy atom. The van der Waals surface area contributed by atoms with Crippen molar-refractivity contribution >= 4 is 29.0 Å². The third-order valence-corrected chi connectivity index (χ3v) is 3.67. The molecule has 5 heteroatoms. The van der Waals surface area contributed by atoms with Gasteiger partial charge in [0.05, 0.1) is 0 Å².